The van der Waals surface area contributed by atoms with Crippen LogP contribution in [0.2, 0.25) is 0 Å². The highest BCUT2D eigenvalue weighted by Crippen LogP contribution is 2.32. The number of carbonyl (C=O) groups is 1. The highest BCUT2D eigenvalue weighted by molar-refractivity contribution is 5.94. The second-order valence-corrected chi connectivity index (χ2v) is 6.37. The summed E-state index contributed by atoms with van der Waals surface area (Å²) in [7, 11) is 0. The lowest BCUT2D eigenvalue weighted by atomic mass is 9.96. The molecule has 0 unspecified atom stereocenters. The van der Waals surface area contributed by atoms with Gasteiger partial charge in [-0.3, -0.25) is 4.79 Å². The molecule has 0 saturated carbocycles. The average Bonchev–Trinajstić information content (AvgIpc) is 2.98. The van der Waals surface area contributed by atoms with Gasteiger partial charge in [-0.2, -0.15) is 0 Å². The minimum Gasteiger partial charge on any atom is -0.376 e. The second-order valence-electron chi connectivity index (χ2n) is 6.37. The molecule has 1 amide bonds. The monoisotopic (exact) mass is 326 g/mol. The molecule has 2 aliphatic heterocycles. The SMILES string of the molecule is Cc1[nH]c2ccccc2c1C1=CCN(C(=O)[C@H]2COCCO2)CC1. The molecule has 4 rings (SSSR count). The van der Waals surface area contributed by atoms with Crippen molar-refractivity contribution in [2.75, 3.05) is 32.9 Å². The fourth-order valence-corrected chi connectivity index (χ4v) is 3.62. The zero-order valence-electron chi connectivity index (χ0n) is 13.9. The molecule has 3 heterocycles. The number of aryl methyl sites for hydroxylation is 1. The number of aromatic amines is 1. The molecule has 5 nitrogen and oxygen atoms in total. The standard InChI is InChI=1S/C19H22N2O3/c1-13-18(15-4-2-3-5-16(15)20-13)14-6-8-21(9-7-14)19(22)17-12-23-10-11-24-17/h2-6,17,20H,7-12H2,1H3/t17-/m1/s1. The smallest absolute Gasteiger partial charge is 0.254 e. The Bertz CT molecular complexity index is 787. The molecule has 1 saturated heterocycles. The van der Waals surface area contributed by atoms with Crippen LogP contribution in [0, 0.1) is 6.92 Å². The Morgan fingerprint density at radius 1 is 1.29 bits per heavy atom. The Kier molecular flexibility index (Phi) is 4.12. The zero-order chi connectivity index (χ0) is 16.5. The first-order valence-corrected chi connectivity index (χ1v) is 8.49. The molecule has 0 aliphatic carbocycles. The maximum absolute atomic E-state index is 12.5. The highest BCUT2D eigenvalue weighted by Gasteiger charge is 2.29. The van der Waals surface area contributed by atoms with E-state index in [1.165, 1.54) is 22.2 Å². The number of hydrogen-bond donors (Lipinski definition) is 1. The molecule has 0 bridgehead atoms. The quantitative estimate of drug-likeness (QED) is 0.922. The Morgan fingerprint density at radius 2 is 2.17 bits per heavy atom. The van der Waals surface area contributed by atoms with Crippen molar-refractivity contribution >= 4 is 22.4 Å². The first-order valence-electron chi connectivity index (χ1n) is 8.49. The van der Waals surface area contributed by atoms with Crippen LogP contribution in [-0.2, 0) is 14.3 Å². The third-order valence-electron chi connectivity index (χ3n) is 4.83. The summed E-state index contributed by atoms with van der Waals surface area (Å²) in [5, 5.41) is 1.25. The normalized spacial score (nSPS) is 21.8. The second kappa shape index (κ2) is 6.42. The third kappa shape index (κ3) is 2.74. The van der Waals surface area contributed by atoms with Gasteiger partial charge in [-0.15, -0.1) is 0 Å². The van der Waals surface area contributed by atoms with Crippen LogP contribution in [0.4, 0.5) is 0 Å². The van der Waals surface area contributed by atoms with E-state index < -0.39 is 6.10 Å². The van der Waals surface area contributed by atoms with Crippen LogP contribution in [0.5, 0.6) is 0 Å². The van der Waals surface area contributed by atoms with E-state index in [2.05, 4.69) is 36.2 Å². The van der Waals surface area contributed by atoms with Gasteiger partial charge in [-0.05, 0) is 25.0 Å². The maximum atomic E-state index is 12.5. The van der Waals surface area contributed by atoms with E-state index in [1.807, 2.05) is 11.0 Å². The van der Waals surface area contributed by atoms with Gasteiger partial charge in [0.05, 0.1) is 19.8 Å². The molecule has 2 aliphatic rings. The maximum Gasteiger partial charge on any atom is 0.254 e. The van der Waals surface area contributed by atoms with Crippen molar-refractivity contribution in [2.45, 2.75) is 19.4 Å². The van der Waals surface area contributed by atoms with Crippen molar-refractivity contribution in [3.8, 4) is 0 Å². The number of amides is 1. The topological polar surface area (TPSA) is 54.6 Å². The molecule has 1 fully saturated rings. The van der Waals surface area contributed by atoms with Crippen molar-refractivity contribution in [1.29, 1.82) is 0 Å². The van der Waals surface area contributed by atoms with Gasteiger partial charge in [0.15, 0.2) is 6.10 Å². The molecule has 2 aromatic rings. The summed E-state index contributed by atoms with van der Waals surface area (Å²) < 4.78 is 10.9. The number of ether oxygens (including phenoxy) is 2. The van der Waals surface area contributed by atoms with Gasteiger partial charge < -0.3 is 19.4 Å². The van der Waals surface area contributed by atoms with E-state index in [1.54, 1.807) is 0 Å². The van der Waals surface area contributed by atoms with Crippen molar-refractivity contribution in [1.82, 2.24) is 9.88 Å². The Morgan fingerprint density at radius 3 is 2.92 bits per heavy atom. The minimum absolute atomic E-state index is 0.0423. The largest absolute Gasteiger partial charge is 0.376 e. The lowest BCUT2D eigenvalue weighted by molar-refractivity contribution is -0.157. The summed E-state index contributed by atoms with van der Waals surface area (Å²) in [6.45, 7) is 4.92. The number of nitrogens with one attached hydrogen (secondary N) is 1. The number of nitrogens with zero attached hydrogens (tertiary/aromatic N) is 1. The van der Waals surface area contributed by atoms with E-state index in [0.717, 1.165) is 18.5 Å². The Labute approximate surface area is 141 Å². The molecule has 0 radical (unpaired) electrons. The molecule has 5 heteroatoms. The van der Waals surface area contributed by atoms with Gasteiger partial charge in [0.1, 0.15) is 0 Å². The van der Waals surface area contributed by atoms with Crippen molar-refractivity contribution in [2.24, 2.45) is 0 Å². The van der Waals surface area contributed by atoms with Gasteiger partial charge in [0.25, 0.3) is 5.91 Å². The number of para-hydroxylation sites is 1. The van der Waals surface area contributed by atoms with Gasteiger partial charge in [0, 0.05) is 35.2 Å². The van der Waals surface area contributed by atoms with Crippen molar-refractivity contribution < 1.29 is 14.3 Å². The Hall–Kier alpha value is -2.11. The first kappa shape index (κ1) is 15.4. The predicted octanol–water partition coefficient (Wildman–Crippen LogP) is 2.51. The van der Waals surface area contributed by atoms with Crippen LogP contribution in [0.3, 0.4) is 0 Å². The van der Waals surface area contributed by atoms with Crippen LogP contribution < -0.4 is 0 Å². The summed E-state index contributed by atoms with van der Waals surface area (Å²) >= 11 is 0. The number of rotatable bonds is 2. The summed E-state index contributed by atoms with van der Waals surface area (Å²) in [4.78, 5) is 17.8. The van der Waals surface area contributed by atoms with Crippen LogP contribution in [0.15, 0.2) is 30.3 Å². The van der Waals surface area contributed by atoms with Crippen molar-refractivity contribution in [3.05, 3.63) is 41.6 Å². The average molecular weight is 326 g/mol. The molecule has 1 aromatic heterocycles. The lowest BCUT2D eigenvalue weighted by Gasteiger charge is -2.31. The van der Waals surface area contributed by atoms with Gasteiger partial charge in [-0.1, -0.05) is 24.3 Å². The van der Waals surface area contributed by atoms with E-state index in [4.69, 9.17) is 9.47 Å². The lowest BCUT2D eigenvalue weighted by Crippen LogP contribution is -2.46. The van der Waals surface area contributed by atoms with Crippen LogP contribution in [0.25, 0.3) is 16.5 Å². The fraction of sp³-hybridized carbons (Fsp3) is 0.421. The number of aromatic nitrogens is 1. The molecular weight excluding hydrogens is 304 g/mol. The molecule has 0 spiro atoms. The number of benzene rings is 1. The molecule has 24 heavy (non-hydrogen) atoms. The summed E-state index contributed by atoms with van der Waals surface area (Å²) in [6, 6.07) is 8.37. The van der Waals surface area contributed by atoms with E-state index >= 15 is 0 Å². The third-order valence-corrected chi connectivity index (χ3v) is 4.83. The van der Waals surface area contributed by atoms with E-state index in [9.17, 15) is 4.79 Å². The first-order chi connectivity index (χ1) is 11.7. The van der Waals surface area contributed by atoms with Crippen LogP contribution in [0.1, 0.15) is 17.7 Å². The Balaban J connectivity index is 1.54. The molecule has 126 valence electrons. The summed E-state index contributed by atoms with van der Waals surface area (Å²) in [6.07, 6.45) is 2.60. The number of carbonyl (C=O) groups excluding carboxylic acids is 1. The number of fused-ring (bicyclic) bond motifs is 1. The van der Waals surface area contributed by atoms with Gasteiger partial charge in [0.2, 0.25) is 0 Å². The zero-order valence-corrected chi connectivity index (χ0v) is 13.9. The van der Waals surface area contributed by atoms with Gasteiger partial charge in [-0.25, -0.2) is 0 Å². The molecular formula is C19H22N2O3. The fourth-order valence-electron chi connectivity index (χ4n) is 3.62. The van der Waals surface area contributed by atoms with Crippen LogP contribution >= 0.6 is 0 Å². The molecule has 1 atom stereocenters. The highest BCUT2D eigenvalue weighted by atomic mass is 16.6. The van der Waals surface area contributed by atoms with Crippen LogP contribution in [-0.4, -0.2) is 54.8 Å². The number of H-pyrrole nitrogens is 1. The number of hydrogen-bond acceptors (Lipinski definition) is 3. The minimum atomic E-state index is -0.441. The predicted molar refractivity (Wildman–Crippen MR) is 92.8 cm³/mol. The van der Waals surface area contributed by atoms with Crippen molar-refractivity contribution in [3.63, 3.8) is 0 Å². The van der Waals surface area contributed by atoms with Gasteiger partial charge >= 0.3 is 0 Å². The summed E-state index contributed by atoms with van der Waals surface area (Å²) in [5.41, 5.74) is 4.95. The van der Waals surface area contributed by atoms with E-state index in [-0.39, 0.29) is 5.91 Å². The molecule has 1 N–H and O–H groups in total. The summed E-state index contributed by atoms with van der Waals surface area (Å²) in [5.74, 6) is 0.0423. The van der Waals surface area contributed by atoms with E-state index in [0.29, 0.717) is 26.4 Å². The molecule has 1 aromatic carbocycles.